The number of allylic oxidation sites excluding steroid dienone is 2. The van der Waals surface area contributed by atoms with Crippen LogP contribution in [0.2, 0.25) is 0 Å². The lowest BCUT2D eigenvalue weighted by Crippen LogP contribution is -2.24. The second-order valence-corrected chi connectivity index (χ2v) is 8.69. The summed E-state index contributed by atoms with van der Waals surface area (Å²) in [6, 6.07) is 2.19. The molecule has 0 saturated heterocycles. The van der Waals surface area contributed by atoms with Crippen LogP contribution < -0.4 is 0 Å². The fourth-order valence-electron chi connectivity index (χ4n) is 2.59. The number of thioether (sulfide) groups is 1. The Morgan fingerprint density at radius 1 is 1.68 bits per heavy atom. The smallest absolute Gasteiger partial charge is 0.313 e. The Labute approximate surface area is 115 Å². The highest BCUT2D eigenvalue weighted by molar-refractivity contribution is 8.10. The van der Waals surface area contributed by atoms with Crippen molar-refractivity contribution in [3.05, 3.63) is 22.1 Å². The lowest BCUT2D eigenvalue weighted by Gasteiger charge is -2.27. The first-order valence-corrected chi connectivity index (χ1v) is 8.34. The van der Waals surface area contributed by atoms with Crippen molar-refractivity contribution in [3.8, 4) is 6.07 Å². The molecule has 1 aliphatic carbocycles. The van der Waals surface area contributed by atoms with Gasteiger partial charge in [0.15, 0.2) is 0 Å². The summed E-state index contributed by atoms with van der Waals surface area (Å²) < 4.78 is 18.4. The van der Waals surface area contributed by atoms with Gasteiger partial charge in [-0.1, -0.05) is 23.1 Å². The zero-order valence-corrected chi connectivity index (χ0v) is 12.4. The summed E-state index contributed by atoms with van der Waals surface area (Å²) in [7, 11) is -0.375. The van der Waals surface area contributed by atoms with Crippen molar-refractivity contribution in [1.82, 2.24) is 4.78 Å². The van der Waals surface area contributed by atoms with E-state index in [1.807, 2.05) is 0 Å². The predicted molar refractivity (Wildman–Crippen MR) is 72.1 cm³/mol. The summed E-state index contributed by atoms with van der Waals surface area (Å²) >= 11 is 1.35. The Kier molecular flexibility index (Phi) is 2.86. The molecular formula is C11H13N4O2PS. The van der Waals surface area contributed by atoms with E-state index in [2.05, 4.69) is 22.5 Å². The van der Waals surface area contributed by atoms with Crippen molar-refractivity contribution in [2.45, 2.75) is 23.9 Å². The lowest BCUT2D eigenvalue weighted by atomic mass is 9.97. The quantitative estimate of drug-likeness (QED) is 0.693. The maximum absolute atomic E-state index is 13.1. The Morgan fingerprint density at radius 2 is 2.47 bits per heavy atom. The van der Waals surface area contributed by atoms with Crippen LogP contribution in [0.15, 0.2) is 32.5 Å². The van der Waals surface area contributed by atoms with Crippen molar-refractivity contribution >= 4 is 19.3 Å². The van der Waals surface area contributed by atoms with E-state index < -0.39 is 12.1 Å². The molecule has 0 N–H and O–H groups in total. The van der Waals surface area contributed by atoms with Gasteiger partial charge in [-0.2, -0.15) is 5.26 Å². The normalized spacial score (nSPS) is 36.7. The van der Waals surface area contributed by atoms with Crippen molar-refractivity contribution in [3.63, 3.8) is 0 Å². The molecule has 2 atom stereocenters. The van der Waals surface area contributed by atoms with Gasteiger partial charge in [-0.3, -0.25) is 4.57 Å². The fraction of sp³-hybridized carbons (Fsp3) is 0.545. The minimum atomic E-state index is -3.32. The SMILES string of the molecule is COP1(=O)N(C)N=NC12SC1=CCCCC1=C2C#N. The molecule has 2 heterocycles. The van der Waals surface area contributed by atoms with Crippen LogP contribution in [-0.4, -0.2) is 23.5 Å². The van der Waals surface area contributed by atoms with Crippen LogP contribution in [0.3, 0.4) is 0 Å². The second kappa shape index (κ2) is 4.20. The number of hydrogen-bond donors (Lipinski definition) is 0. The molecule has 3 aliphatic rings. The summed E-state index contributed by atoms with van der Waals surface area (Å²) in [5, 5.41) is 17.5. The number of rotatable bonds is 1. The molecule has 0 aromatic heterocycles. The molecule has 0 saturated carbocycles. The number of hydrogen-bond acceptors (Lipinski definition) is 6. The Balaban J connectivity index is 2.23. The van der Waals surface area contributed by atoms with Gasteiger partial charge in [-0.25, -0.2) is 4.78 Å². The molecule has 2 aliphatic heterocycles. The Bertz CT molecular complexity index is 621. The van der Waals surface area contributed by atoms with Gasteiger partial charge in [0.2, 0.25) is 0 Å². The zero-order chi connectivity index (χ0) is 13.7. The van der Waals surface area contributed by atoms with Gasteiger partial charge in [0, 0.05) is 19.1 Å². The summed E-state index contributed by atoms with van der Waals surface area (Å²) in [4.78, 5) is 1.01. The molecule has 19 heavy (non-hydrogen) atoms. The minimum Gasteiger partial charge on any atom is -0.313 e. The topological polar surface area (TPSA) is 78.0 Å². The molecule has 3 rings (SSSR count). The summed E-state index contributed by atoms with van der Waals surface area (Å²) in [5.41, 5.74) is 1.41. The van der Waals surface area contributed by atoms with E-state index in [4.69, 9.17) is 4.52 Å². The lowest BCUT2D eigenvalue weighted by molar-refractivity contribution is 0.337. The van der Waals surface area contributed by atoms with Gasteiger partial charge in [-0.05, 0) is 24.8 Å². The third-order valence-electron chi connectivity index (χ3n) is 3.57. The van der Waals surface area contributed by atoms with Gasteiger partial charge in [-0.15, -0.1) is 5.11 Å². The zero-order valence-electron chi connectivity index (χ0n) is 10.7. The highest BCUT2D eigenvalue weighted by Crippen LogP contribution is 2.76. The predicted octanol–water partition coefficient (Wildman–Crippen LogP) is 3.43. The van der Waals surface area contributed by atoms with Gasteiger partial charge in [0.25, 0.3) is 4.61 Å². The molecule has 6 nitrogen and oxygen atoms in total. The largest absolute Gasteiger partial charge is 0.357 e. The molecule has 0 amide bonds. The van der Waals surface area contributed by atoms with E-state index >= 15 is 0 Å². The molecule has 1 spiro atoms. The van der Waals surface area contributed by atoms with E-state index in [1.165, 1.54) is 23.7 Å². The molecule has 0 bridgehead atoms. The van der Waals surface area contributed by atoms with E-state index in [1.54, 1.807) is 7.05 Å². The van der Waals surface area contributed by atoms with Crippen LogP contribution in [0, 0.1) is 11.3 Å². The standard InChI is InChI=1S/C11H13N4O2PS/c1-15-14-13-11(18(15,16)17-2)9(7-12)8-5-3-4-6-10(8)19-11/h6H,3-5H2,1-2H3. The van der Waals surface area contributed by atoms with Crippen LogP contribution >= 0.6 is 19.3 Å². The van der Waals surface area contributed by atoms with Crippen LogP contribution in [0.1, 0.15) is 19.3 Å². The van der Waals surface area contributed by atoms with Crippen LogP contribution in [0.5, 0.6) is 0 Å². The van der Waals surface area contributed by atoms with Crippen LogP contribution in [0.25, 0.3) is 0 Å². The van der Waals surface area contributed by atoms with Crippen molar-refractivity contribution in [2.24, 2.45) is 10.3 Å². The van der Waals surface area contributed by atoms with Crippen LogP contribution in [-0.2, 0) is 9.09 Å². The average molecular weight is 296 g/mol. The van der Waals surface area contributed by atoms with Gasteiger partial charge in [0.05, 0.1) is 11.6 Å². The Hall–Kier alpha value is -1.09. The van der Waals surface area contributed by atoms with Gasteiger partial charge < -0.3 is 4.52 Å². The van der Waals surface area contributed by atoms with Crippen molar-refractivity contribution in [1.29, 1.82) is 5.26 Å². The molecule has 0 aromatic rings. The Morgan fingerprint density at radius 3 is 3.16 bits per heavy atom. The van der Waals surface area contributed by atoms with Crippen molar-refractivity contribution < 1.29 is 9.09 Å². The molecule has 8 heteroatoms. The highest BCUT2D eigenvalue weighted by Gasteiger charge is 2.64. The third-order valence-corrected chi connectivity index (χ3v) is 8.16. The highest BCUT2D eigenvalue weighted by atomic mass is 32.2. The molecular weight excluding hydrogens is 283 g/mol. The molecule has 0 radical (unpaired) electrons. The first-order chi connectivity index (χ1) is 9.09. The monoisotopic (exact) mass is 296 g/mol. The van der Waals surface area contributed by atoms with E-state index in [-0.39, 0.29) is 0 Å². The maximum Gasteiger partial charge on any atom is 0.357 e. The van der Waals surface area contributed by atoms with E-state index in [0.717, 1.165) is 29.7 Å². The van der Waals surface area contributed by atoms with Gasteiger partial charge in [0.1, 0.15) is 0 Å². The number of fused-ring (bicyclic) bond motifs is 1. The minimum absolute atomic E-state index is 0.446. The maximum atomic E-state index is 13.1. The van der Waals surface area contributed by atoms with Gasteiger partial charge >= 0.3 is 7.52 Å². The van der Waals surface area contributed by atoms with Crippen molar-refractivity contribution in [2.75, 3.05) is 14.2 Å². The summed E-state index contributed by atoms with van der Waals surface area (Å²) in [5.74, 6) is 0. The fourth-order valence-corrected chi connectivity index (χ4v) is 6.75. The molecule has 100 valence electrons. The third kappa shape index (κ3) is 1.45. The van der Waals surface area contributed by atoms with E-state index in [9.17, 15) is 9.83 Å². The average Bonchev–Trinajstić information content (AvgIpc) is 2.89. The number of nitrogens with zero attached hydrogens (tertiary/aromatic N) is 4. The first-order valence-electron chi connectivity index (χ1n) is 5.95. The number of nitriles is 1. The van der Waals surface area contributed by atoms with Crippen LogP contribution in [0.4, 0.5) is 0 Å². The molecule has 0 aromatic carbocycles. The van der Waals surface area contributed by atoms with E-state index in [0.29, 0.717) is 5.57 Å². The molecule has 2 unspecified atom stereocenters. The summed E-state index contributed by atoms with van der Waals surface area (Å²) in [6.07, 6.45) is 4.89. The second-order valence-electron chi connectivity index (χ2n) is 4.52. The summed E-state index contributed by atoms with van der Waals surface area (Å²) in [6.45, 7) is 0. The molecule has 0 fully saturated rings. The first kappa shape index (κ1) is 12.9.